The van der Waals surface area contributed by atoms with Gasteiger partial charge in [-0.25, -0.2) is 4.39 Å². The molecule has 0 spiro atoms. The van der Waals surface area contributed by atoms with Crippen molar-refractivity contribution in [3.63, 3.8) is 0 Å². The van der Waals surface area contributed by atoms with E-state index in [4.69, 9.17) is 4.74 Å². The number of nitrogens with one attached hydrogen (secondary N) is 1. The van der Waals surface area contributed by atoms with Gasteiger partial charge in [0, 0.05) is 29.2 Å². The standard InChI is InChI=1S/C14H19BrFNO/c1-9(11-7-6-10(15)8-12(11)16)17-13-4-3-5-14(13)18-2/h6-9,13-14,17H,3-5H2,1-2H3. The molecule has 0 bridgehead atoms. The van der Waals surface area contributed by atoms with Crippen LogP contribution in [0.15, 0.2) is 22.7 Å². The van der Waals surface area contributed by atoms with Crippen molar-refractivity contribution in [1.82, 2.24) is 5.32 Å². The third kappa shape index (κ3) is 3.11. The third-order valence-electron chi connectivity index (χ3n) is 3.65. The second-order valence-electron chi connectivity index (χ2n) is 4.87. The molecule has 0 amide bonds. The molecular weight excluding hydrogens is 297 g/mol. The minimum absolute atomic E-state index is 0.00106. The summed E-state index contributed by atoms with van der Waals surface area (Å²) < 4.78 is 20.1. The Morgan fingerprint density at radius 2 is 2.22 bits per heavy atom. The largest absolute Gasteiger partial charge is 0.380 e. The Balaban J connectivity index is 2.05. The molecule has 100 valence electrons. The second kappa shape index (κ2) is 6.13. The first-order valence-electron chi connectivity index (χ1n) is 6.35. The lowest BCUT2D eigenvalue weighted by molar-refractivity contribution is 0.0818. The molecule has 1 aromatic carbocycles. The first-order valence-corrected chi connectivity index (χ1v) is 7.15. The van der Waals surface area contributed by atoms with E-state index < -0.39 is 0 Å². The first kappa shape index (κ1) is 14.0. The number of hydrogen-bond acceptors (Lipinski definition) is 2. The van der Waals surface area contributed by atoms with E-state index in [1.165, 1.54) is 12.5 Å². The molecule has 1 aliphatic rings. The van der Waals surface area contributed by atoms with Crippen molar-refractivity contribution in [3.05, 3.63) is 34.1 Å². The van der Waals surface area contributed by atoms with Crippen molar-refractivity contribution in [3.8, 4) is 0 Å². The molecule has 0 saturated heterocycles. The van der Waals surface area contributed by atoms with E-state index in [2.05, 4.69) is 21.2 Å². The summed E-state index contributed by atoms with van der Waals surface area (Å²) in [6.07, 6.45) is 3.61. The molecule has 2 nitrogen and oxygen atoms in total. The van der Waals surface area contributed by atoms with Crippen molar-refractivity contribution < 1.29 is 9.13 Å². The van der Waals surface area contributed by atoms with Crippen LogP contribution in [0.1, 0.15) is 37.8 Å². The van der Waals surface area contributed by atoms with E-state index in [0.717, 1.165) is 17.3 Å². The van der Waals surface area contributed by atoms with E-state index in [-0.39, 0.29) is 18.0 Å². The highest BCUT2D eigenvalue weighted by Gasteiger charge is 2.28. The fourth-order valence-corrected chi connectivity index (χ4v) is 3.00. The summed E-state index contributed by atoms with van der Waals surface area (Å²) in [6.45, 7) is 2.00. The van der Waals surface area contributed by atoms with Crippen LogP contribution in [0.3, 0.4) is 0 Å². The molecule has 1 aromatic rings. The maximum atomic E-state index is 13.9. The van der Waals surface area contributed by atoms with Crippen LogP contribution in [-0.2, 0) is 4.74 Å². The maximum Gasteiger partial charge on any atom is 0.129 e. The number of rotatable bonds is 4. The second-order valence-corrected chi connectivity index (χ2v) is 5.78. The Bertz CT molecular complexity index is 413. The molecule has 1 N–H and O–H groups in total. The topological polar surface area (TPSA) is 21.3 Å². The predicted molar refractivity (Wildman–Crippen MR) is 74.1 cm³/mol. The highest BCUT2D eigenvalue weighted by atomic mass is 79.9. The Morgan fingerprint density at radius 1 is 1.44 bits per heavy atom. The summed E-state index contributed by atoms with van der Waals surface area (Å²) in [6, 6.07) is 5.54. The lowest BCUT2D eigenvalue weighted by Gasteiger charge is -2.24. The van der Waals surface area contributed by atoms with Crippen molar-refractivity contribution in [2.45, 2.75) is 44.4 Å². The molecule has 0 aliphatic heterocycles. The minimum Gasteiger partial charge on any atom is -0.380 e. The Labute approximate surface area is 116 Å². The number of halogens is 2. The van der Waals surface area contributed by atoms with Crippen molar-refractivity contribution in [1.29, 1.82) is 0 Å². The van der Waals surface area contributed by atoms with Crippen LogP contribution >= 0.6 is 15.9 Å². The van der Waals surface area contributed by atoms with Crippen molar-refractivity contribution in [2.24, 2.45) is 0 Å². The number of benzene rings is 1. The van der Waals surface area contributed by atoms with Crippen LogP contribution in [0.2, 0.25) is 0 Å². The molecule has 4 heteroatoms. The average molecular weight is 316 g/mol. The molecule has 18 heavy (non-hydrogen) atoms. The van der Waals surface area contributed by atoms with Gasteiger partial charge in [-0.15, -0.1) is 0 Å². The van der Waals surface area contributed by atoms with E-state index in [1.807, 2.05) is 19.1 Å². The van der Waals surface area contributed by atoms with Crippen LogP contribution in [0.4, 0.5) is 4.39 Å². The molecule has 0 heterocycles. The normalized spacial score (nSPS) is 25.3. The summed E-state index contributed by atoms with van der Waals surface area (Å²) in [4.78, 5) is 0. The summed E-state index contributed by atoms with van der Waals surface area (Å²) >= 11 is 3.27. The molecule has 1 fully saturated rings. The molecule has 0 aromatic heterocycles. The van der Waals surface area contributed by atoms with Gasteiger partial charge in [0.25, 0.3) is 0 Å². The van der Waals surface area contributed by atoms with Crippen LogP contribution in [-0.4, -0.2) is 19.3 Å². The fourth-order valence-electron chi connectivity index (χ4n) is 2.66. The molecule has 3 unspecified atom stereocenters. The van der Waals surface area contributed by atoms with Crippen LogP contribution in [0.5, 0.6) is 0 Å². The summed E-state index contributed by atoms with van der Waals surface area (Å²) in [5.74, 6) is -0.170. The van der Waals surface area contributed by atoms with Crippen molar-refractivity contribution >= 4 is 15.9 Å². The quantitative estimate of drug-likeness (QED) is 0.912. The van der Waals surface area contributed by atoms with E-state index >= 15 is 0 Å². The van der Waals surface area contributed by atoms with E-state index in [9.17, 15) is 4.39 Å². The molecule has 0 radical (unpaired) electrons. The predicted octanol–water partition coefficient (Wildman–Crippen LogP) is 3.81. The maximum absolute atomic E-state index is 13.9. The molecule has 3 atom stereocenters. The SMILES string of the molecule is COC1CCCC1NC(C)c1ccc(Br)cc1F. The first-order chi connectivity index (χ1) is 8.61. The number of hydrogen-bond donors (Lipinski definition) is 1. The number of ether oxygens (including phenoxy) is 1. The lowest BCUT2D eigenvalue weighted by Crippen LogP contribution is -2.38. The average Bonchev–Trinajstić information content (AvgIpc) is 2.76. The monoisotopic (exact) mass is 315 g/mol. The highest BCUT2D eigenvalue weighted by molar-refractivity contribution is 9.10. The number of methoxy groups -OCH3 is 1. The van der Waals surface area contributed by atoms with Gasteiger partial charge in [-0.3, -0.25) is 0 Å². The lowest BCUT2D eigenvalue weighted by atomic mass is 10.1. The minimum atomic E-state index is -0.170. The Kier molecular flexibility index (Phi) is 4.76. The van der Waals surface area contributed by atoms with Gasteiger partial charge in [-0.1, -0.05) is 22.0 Å². The molecule has 1 saturated carbocycles. The van der Waals surface area contributed by atoms with Crippen LogP contribution in [0.25, 0.3) is 0 Å². The zero-order valence-corrected chi connectivity index (χ0v) is 12.3. The smallest absolute Gasteiger partial charge is 0.129 e. The van der Waals surface area contributed by atoms with Crippen LogP contribution in [0, 0.1) is 5.82 Å². The highest BCUT2D eigenvalue weighted by Crippen LogP contribution is 2.26. The molecular formula is C14H19BrFNO. The van der Waals surface area contributed by atoms with Gasteiger partial charge >= 0.3 is 0 Å². The summed E-state index contributed by atoms with van der Waals surface area (Å²) in [7, 11) is 1.75. The molecule has 2 rings (SSSR count). The van der Waals surface area contributed by atoms with Gasteiger partial charge in [0.1, 0.15) is 5.82 Å². The van der Waals surface area contributed by atoms with Crippen LogP contribution < -0.4 is 5.32 Å². The third-order valence-corrected chi connectivity index (χ3v) is 4.14. The fraction of sp³-hybridized carbons (Fsp3) is 0.571. The zero-order valence-electron chi connectivity index (χ0n) is 10.7. The van der Waals surface area contributed by atoms with Gasteiger partial charge < -0.3 is 10.1 Å². The van der Waals surface area contributed by atoms with Crippen molar-refractivity contribution in [2.75, 3.05) is 7.11 Å². The summed E-state index contributed by atoms with van der Waals surface area (Å²) in [5.41, 5.74) is 0.708. The van der Waals surface area contributed by atoms with E-state index in [1.54, 1.807) is 7.11 Å². The van der Waals surface area contributed by atoms with Gasteiger partial charge in [0.2, 0.25) is 0 Å². The van der Waals surface area contributed by atoms with E-state index in [0.29, 0.717) is 11.6 Å². The summed E-state index contributed by atoms with van der Waals surface area (Å²) in [5, 5.41) is 3.48. The zero-order chi connectivity index (χ0) is 13.1. The van der Waals surface area contributed by atoms with Gasteiger partial charge in [-0.2, -0.15) is 0 Å². The van der Waals surface area contributed by atoms with Gasteiger partial charge in [-0.05, 0) is 38.3 Å². The van der Waals surface area contributed by atoms with Gasteiger partial charge in [0.05, 0.1) is 6.10 Å². The molecule has 1 aliphatic carbocycles. The Morgan fingerprint density at radius 3 is 2.89 bits per heavy atom. The Hall–Kier alpha value is -0.450. The van der Waals surface area contributed by atoms with Gasteiger partial charge in [0.15, 0.2) is 0 Å².